The molecule has 0 spiro atoms. The van der Waals surface area contributed by atoms with Gasteiger partial charge in [-0.1, -0.05) is 48.7 Å². The standard InChI is InChI=1S/C14H15Cl3N2/c1-4-18-14-8(7(2)3)5-9-12(17)10(15)6-11(16)13(9)19-14/h5-7H,4H2,1-3H3,(H,18,19). The first-order valence-electron chi connectivity index (χ1n) is 6.17. The van der Waals surface area contributed by atoms with Crippen LogP contribution in [0.15, 0.2) is 12.1 Å². The number of hydrogen-bond acceptors (Lipinski definition) is 2. The molecular weight excluding hydrogens is 303 g/mol. The van der Waals surface area contributed by atoms with E-state index >= 15 is 0 Å². The molecule has 19 heavy (non-hydrogen) atoms. The van der Waals surface area contributed by atoms with Crippen molar-refractivity contribution >= 4 is 51.5 Å². The van der Waals surface area contributed by atoms with Crippen LogP contribution in [0.25, 0.3) is 10.9 Å². The molecule has 0 aliphatic carbocycles. The minimum atomic E-state index is 0.333. The summed E-state index contributed by atoms with van der Waals surface area (Å²) in [5, 5.41) is 5.52. The quantitative estimate of drug-likeness (QED) is 0.729. The maximum atomic E-state index is 6.25. The van der Waals surface area contributed by atoms with E-state index in [-0.39, 0.29) is 0 Å². The van der Waals surface area contributed by atoms with Gasteiger partial charge in [0.15, 0.2) is 0 Å². The lowest BCUT2D eigenvalue weighted by molar-refractivity contribution is 0.862. The van der Waals surface area contributed by atoms with Crippen LogP contribution in [0.3, 0.4) is 0 Å². The van der Waals surface area contributed by atoms with Gasteiger partial charge in [-0.25, -0.2) is 4.98 Å². The largest absolute Gasteiger partial charge is 0.370 e. The summed E-state index contributed by atoms with van der Waals surface area (Å²) in [5.74, 6) is 1.19. The minimum Gasteiger partial charge on any atom is -0.370 e. The van der Waals surface area contributed by atoms with Gasteiger partial charge in [0.05, 0.1) is 20.6 Å². The first kappa shape index (κ1) is 14.7. The summed E-state index contributed by atoms with van der Waals surface area (Å²) in [5.41, 5.74) is 1.78. The molecule has 1 aromatic carbocycles. The average Bonchev–Trinajstić information content (AvgIpc) is 2.35. The highest BCUT2D eigenvalue weighted by molar-refractivity contribution is 6.47. The molecule has 2 rings (SSSR count). The Kier molecular flexibility index (Phi) is 4.44. The molecule has 0 aliphatic heterocycles. The van der Waals surface area contributed by atoms with Crippen LogP contribution in [-0.2, 0) is 0 Å². The van der Waals surface area contributed by atoms with E-state index in [0.717, 1.165) is 23.3 Å². The Morgan fingerprint density at radius 3 is 2.42 bits per heavy atom. The number of pyridine rings is 1. The number of rotatable bonds is 3. The van der Waals surface area contributed by atoms with Crippen molar-refractivity contribution in [3.63, 3.8) is 0 Å². The summed E-state index contributed by atoms with van der Waals surface area (Å²) in [7, 11) is 0. The predicted molar refractivity (Wildman–Crippen MR) is 85.0 cm³/mol. The van der Waals surface area contributed by atoms with Crippen LogP contribution < -0.4 is 5.32 Å². The summed E-state index contributed by atoms with van der Waals surface area (Å²) < 4.78 is 0. The normalized spacial score (nSPS) is 11.3. The molecule has 5 heteroatoms. The van der Waals surface area contributed by atoms with Gasteiger partial charge in [-0.3, -0.25) is 0 Å². The summed E-state index contributed by atoms with van der Waals surface area (Å²) in [6, 6.07) is 3.65. The number of anilines is 1. The third-order valence-corrected chi connectivity index (χ3v) is 4.03. The lowest BCUT2D eigenvalue weighted by atomic mass is 10.0. The Morgan fingerprint density at radius 2 is 1.84 bits per heavy atom. The fourth-order valence-corrected chi connectivity index (χ4v) is 2.72. The van der Waals surface area contributed by atoms with Crippen LogP contribution in [0.2, 0.25) is 15.1 Å². The summed E-state index contributed by atoms with van der Waals surface area (Å²) in [4.78, 5) is 4.60. The second-order valence-corrected chi connectivity index (χ2v) is 5.85. The molecule has 2 aromatic rings. The zero-order chi connectivity index (χ0) is 14.2. The number of nitrogens with one attached hydrogen (secondary N) is 1. The maximum Gasteiger partial charge on any atom is 0.130 e. The van der Waals surface area contributed by atoms with Crippen molar-refractivity contribution in [3.8, 4) is 0 Å². The smallest absolute Gasteiger partial charge is 0.130 e. The molecular formula is C14H15Cl3N2. The fraction of sp³-hybridized carbons (Fsp3) is 0.357. The molecule has 0 amide bonds. The number of fused-ring (bicyclic) bond motifs is 1. The highest BCUT2D eigenvalue weighted by Gasteiger charge is 2.15. The van der Waals surface area contributed by atoms with Crippen LogP contribution in [-0.4, -0.2) is 11.5 Å². The van der Waals surface area contributed by atoms with E-state index in [1.54, 1.807) is 6.07 Å². The van der Waals surface area contributed by atoms with Gasteiger partial charge < -0.3 is 5.32 Å². The second-order valence-electron chi connectivity index (χ2n) is 4.66. The van der Waals surface area contributed by atoms with E-state index in [2.05, 4.69) is 24.1 Å². The van der Waals surface area contributed by atoms with Gasteiger partial charge in [0.2, 0.25) is 0 Å². The molecule has 0 unspecified atom stereocenters. The molecule has 0 radical (unpaired) electrons. The van der Waals surface area contributed by atoms with E-state index in [4.69, 9.17) is 34.8 Å². The zero-order valence-electron chi connectivity index (χ0n) is 11.0. The molecule has 0 bridgehead atoms. The van der Waals surface area contributed by atoms with Gasteiger partial charge in [-0.05, 0) is 30.5 Å². The Balaban J connectivity index is 2.81. The van der Waals surface area contributed by atoms with Crippen LogP contribution in [0.1, 0.15) is 32.3 Å². The molecule has 0 aliphatic rings. The van der Waals surface area contributed by atoms with Gasteiger partial charge in [0.25, 0.3) is 0 Å². The van der Waals surface area contributed by atoms with Crippen molar-refractivity contribution in [1.82, 2.24) is 4.98 Å². The third-order valence-electron chi connectivity index (χ3n) is 2.94. The van der Waals surface area contributed by atoms with Gasteiger partial charge in [-0.2, -0.15) is 0 Å². The Labute approximate surface area is 128 Å². The molecule has 102 valence electrons. The van der Waals surface area contributed by atoms with E-state index < -0.39 is 0 Å². The van der Waals surface area contributed by atoms with E-state index in [1.807, 2.05) is 13.0 Å². The van der Waals surface area contributed by atoms with Crippen molar-refractivity contribution in [2.75, 3.05) is 11.9 Å². The maximum absolute atomic E-state index is 6.25. The summed E-state index contributed by atoms with van der Waals surface area (Å²) in [6.07, 6.45) is 0. The topological polar surface area (TPSA) is 24.9 Å². The van der Waals surface area contributed by atoms with Crippen LogP contribution in [0.5, 0.6) is 0 Å². The van der Waals surface area contributed by atoms with E-state index in [9.17, 15) is 0 Å². The van der Waals surface area contributed by atoms with Crippen molar-refractivity contribution in [2.45, 2.75) is 26.7 Å². The molecule has 1 heterocycles. The molecule has 1 aromatic heterocycles. The van der Waals surface area contributed by atoms with Gasteiger partial charge in [0.1, 0.15) is 5.82 Å². The third kappa shape index (κ3) is 2.76. The van der Waals surface area contributed by atoms with Crippen LogP contribution >= 0.6 is 34.8 Å². The number of hydrogen-bond donors (Lipinski definition) is 1. The van der Waals surface area contributed by atoms with Crippen molar-refractivity contribution < 1.29 is 0 Å². The highest BCUT2D eigenvalue weighted by Crippen LogP contribution is 2.38. The first-order chi connectivity index (χ1) is 8.95. The van der Waals surface area contributed by atoms with Crippen molar-refractivity contribution in [3.05, 3.63) is 32.8 Å². The fourth-order valence-electron chi connectivity index (χ4n) is 2.00. The summed E-state index contributed by atoms with van der Waals surface area (Å²) >= 11 is 18.5. The Hall–Kier alpha value is -0.700. The summed E-state index contributed by atoms with van der Waals surface area (Å²) in [6.45, 7) is 7.07. The Morgan fingerprint density at radius 1 is 1.16 bits per heavy atom. The molecule has 0 saturated heterocycles. The van der Waals surface area contributed by atoms with Crippen molar-refractivity contribution in [1.29, 1.82) is 0 Å². The number of aromatic nitrogens is 1. The van der Waals surface area contributed by atoms with E-state index in [1.165, 1.54) is 0 Å². The van der Waals surface area contributed by atoms with Gasteiger partial charge in [0, 0.05) is 11.9 Å². The molecule has 0 saturated carbocycles. The molecule has 2 nitrogen and oxygen atoms in total. The predicted octanol–water partition coefficient (Wildman–Crippen LogP) is 5.75. The number of halogens is 3. The van der Waals surface area contributed by atoms with Crippen molar-refractivity contribution in [2.24, 2.45) is 0 Å². The van der Waals surface area contributed by atoms with Crippen LogP contribution in [0.4, 0.5) is 5.82 Å². The molecule has 1 N–H and O–H groups in total. The molecule has 0 fully saturated rings. The lowest BCUT2D eigenvalue weighted by Crippen LogP contribution is -2.05. The van der Waals surface area contributed by atoms with Gasteiger partial charge >= 0.3 is 0 Å². The number of benzene rings is 1. The molecule has 0 atom stereocenters. The SMILES string of the molecule is CCNc1nc2c(Cl)cc(Cl)c(Cl)c2cc1C(C)C. The minimum absolute atomic E-state index is 0.333. The number of nitrogens with zero attached hydrogens (tertiary/aromatic N) is 1. The zero-order valence-corrected chi connectivity index (χ0v) is 13.3. The first-order valence-corrected chi connectivity index (χ1v) is 7.31. The van der Waals surface area contributed by atoms with Gasteiger partial charge in [-0.15, -0.1) is 0 Å². The second kappa shape index (κ2) is 5.74. The van der Waals surface area contributed by atoms with Crippen LogP contribution in [0, 0.1) is 0 Å². The lowest BCUT2D eigenvalue weighted by Gasteiger charge is -2.15. The average molecular weight is 318 g/mol. The highest BCUT2D eigenvalue weighted by atomic mass is 35.5. The monoisotopic (exact) mass is 316 g/mol. The van der Waals surface area contributed by atoms with E-state index in [0.29, 0.717) is 26.5 Å². The Bertz CT molecular complexity index is 624.